The summed E-state index contributed by atoms with van der Waals surface area (Å²) >= 11 is 5.63. The van der Waals surface area contributed by atoms with E-state index in [1.165, 1.54) is 0 Å². The monoisotopic (exact) mass is 547 g/mol. The molecule has 1 amide bonds. The van der Waals surface area contributed by atoms with Crippen LogP contribution in [0.1, 0.15) is 21.9 Å². The minimum Gasteiger partial charge on any atom is -0.450 e. The molecule has 0 bridgehead atoms. The maximum absolute atomic E-state index is 12.4. The molecule has 0 aliphatic carbocycles. The van der Waals surface area contributed by atoms with Gasteiger partial charge in [-0.05, 0) is 72.0 Å². The number of aryl methyl sites for hydroxylation is 1. The van der Waals surface area contributed by atoms with Crippen molar-refractivity contribution in [2.24, 2.45) is 5.10 Å². The maximum Gasteiger partial charge on any atom is 0.307 e. The molecule has 28 heavy (non-hydrogen) atoms. The molecule has 0 fully saturated rings. The topological polar surface area (TPSA) is 59.5 Å². The molecule has 0 saturated heterocycles. The zero-order chi connectivity index (χ0) is 19.7. The highest BCUT2D eigenvalue weighted by molar-refractivity contribution is 14.1. The largest absolute Gasteiger partial charge is 0.450 e. The van der Waals surface area contributed by atoms with E-state index >= 15 is 0 Å². The van der Waals surface area contributed by atoms with Crippen LogP contribution in [0.5, 0.6) is 0 Å². The molecule has 2 aromatic heterocycles. The van der Waals surface area contributed by atoms with Gasteiger partial charge in [0.1, 0.15) is 5.58 Å². The van der Waals surface area contributed by atoms with Crippen LogP contribution in [-0.4, -0.2) is 16.7 Å². The van der Waals surface area contributed by atoms with E-state index in [1.54, 1.807) is 12.3 Å². The molecule has 1 N–H and O–H groups in total. The summed E-state index contributed by atoms with van der Waals surface area (Å²) in [4.78, 5) is 12.4. The minimum absolute atomic E-state index is 0.220. The number of amides is 1. The van der Waals surface area contributed by atoms with Crippen molar-refractivity contribution in [1.82, 2.24) is 9.99 Å². The highest BCUT2D eigenvalue weighted by Crippen LogP contribution is 2.28. The van der Waals surface area contributed by atoms with Crippen LogP contribution in [0.25, 0.3) is 16.7 Å². The smallest absolute Gasteiger partial charge is 0.307 e. The van der Waals surface area contributed by atoms with Crippen LogP contribution in [-0.2, 0) is 0 Å². The Morgan fingerprint density at radius 2 is 1.96 bits per heavy atom. The van der Waals surface area contributed by atoms with Gasteiger partial charge in [-0.1, -0.05) is 34.1 Å². The Balaban J connectivity index is 1.55. The molecule has 0 saturated carbocycles. The lowest BCUT2D eigenvalue weighted by Gasteiger charge is -2.08. The molecule has 4 aromatic rings. The van der Waals surface area contributed by atoms with Crippen LogP contribution >= 0.6 is 38.5 Å². The van der Waals surface area contributed by atoms with Crippen LogP contribution in [0.3, 0.4) is 0 Å². The molecule has 140 valence electrons. The van der Waals surface area contributed by atoms with Crippen molar-refractivity contribution in [3.05, 3.63) is 85.9 Å². The van der Waals surface area contributed by atoms with Gasteiger partial charge in [-0.15, -0.1) is 0 Å². The molecule has 0 aliphatic rings. The van der Waals surface area contributed by atoms with Gasteiger partial charge in [0.25, 0.3) is 0 Å². The van der Waals surface area contributed by atoms with Crippen molar-refractivity contribution in [1.29, 1.82) is 0 Å². The average molecular weight is 548 g/mol. The molecule has 2 heterocycles. The first-order chi connectivity index (χ1) is 13.5. The van der Waals surface area contributed by atoms with Crippen molar-refractivity contribution in [3.8, 4) is 5.69 Å². The number of nitrogens with zero attached hydrogens (tertiary/aromatic N) is 2. The lowest BCUT2D eigenvalue weighted by molar-refractivity contribution is 0.0929. The number of para-hydroxylation sites is 1. The van der Waals surface area contributed by atoms with Gasteiger partial charge in [0.05, 0.1) is 15.5 Å². The molecular weight excluding hydrogens is 533 g/mol. The van der Waals surface area contributed by atoms with E-state index in [2.05, 4.69) is 53.6 Å². The summed E-state index contributed by atoms with van der Waals surface area (Å²) in [7, 11) is 0. The van der Waals surface area contributed by atoms with Gasteiger partial charge in [0.15, 0.2) is 5.76 Å². The molecule has 7 heteroatoms. The second-order valence-corrected chi connectivity index (χ2v) is 8.26. The molecule has 0 spiro atoms. The van der Waals surface area contributed by atoms with Crippen LogP contribution in [0, 0.1) is 10.5 Å². The first-order valence-electron chi connectivity index (χ1n) is 8.49. The number of benzene rings is 2. The van der Waals surface area contributed by atoms with E-state index in [9.17, 15) is 4.79 Å². The first-order valence-corrected chi connectivity index (χ1v) is 10.4. The number of hydrogen-bond acceptors (Lipinski definition) is 3. The van der Waals surface area contributed by atoms with Gasteiger partial charge in [-0.2, -0.15) is 5.10 Å². The third-order valence-corrected chi connectivity index (χ3v) is 5.50. The van der Waals surface area contributed by atoms with Crippen LogP contribution in [0.15, 0.2) is 74.7 Å². The summed E-state index contributed by atoms with van der Waals surface area (Å²) in [6, 6.07) is 19.5. The standard InChI is InChI=1S/C21H15BrIN3O2/c1-13-7-8-17(26(13)16-5-3-2-4-6-16)12-24-25-21(27)19-10-14-9-15(22)11-18(23)20(14)28-19/h2-12H,1H3,(H,25,27)/b24-12+. The summed E-state index contributed by atoms with van der Waals surface area (Å²) in [6.07, 6.45) is 1.63. The van der Waals surface area contributed by atoms with Gasteiger partial charge in [-0.3, -0.25) is 4.79 Å². The fourth-order valence-corrected chi connectivity index (χ4v) is 4.65. The third kappa shape index (κ3) is 3.77. The Morgan fingerprint density at radius 3 is 2.75 bits per heavy atom. The summed E-state index contributed by atoms with van der Waals surface area (Å²) in [5, 5.41) is 4.97. The fourth-order valence-electron chi connectivity index (χ4n) is 2.99. The van der Waals surface area contributed by atoms with E-state index < -0.39 is 5.91 Å². The Kier molecular flexibility index (Phi) is 5.36. The predicted molar refractivity (Wildman–Crippen MR) is 122 cm³/mol. The maximum atomic E-state index is 12.4. The Bertz CT molecular complexity index is 1200. The Labute approximate surface area is 183 Å². The Hall–Kier alpha value is -2.39. The molecule has 4 rings (SSSR count). The number of hydrogen-bond donors (Lipinski definition) is 1. The number of hydrazone groups is 1. The fraction of sp³-hybridized carbons (Fsp3) is 0.0476. The Morgan fingerprint density at radius 1 is 1.18 bits per heavy atom. The number of furan rings is 1. The molecule has 0 unspecified atom stereocenters. The van der Waals surface area contributed by atoms with Gasteiger partial charge < -0.3 is 8.98 Å². The molecule has 0 atom stereocenters. The van der Waals surface area contributed by atoms with Crippen molar-refractivity contribution >= 4 is 61.6 Å². The number of nitrogens with one attached hydrogen (secondary N) is 1. The highest BCUT2D eigenvalue weighted by Gasteiger charge is 2.14. The number of halogens is 2. The third-order valence-electron chi connectivity index (χ3n) is 4.24. The van der Waals surface area contributed by atoms with Crippen LogP contribution in [0.2, 0.25) is 0 Å². The number of carbonyl (C=O) groups excluding carboxylic acids is 1. The van der Waals surface area contributed by atoms with Crippen molar-refractivity contribution in [3.63, 3.8) is 0 Å². The molecule has 5 nitrogen and oxygen atoms in total. The van der Waals surface area contributed by atoms with E-state index in [4.69, 9.17) is 4.42 Å². The minimum atomic E-state index is -0.395. The summed E-state index contributed by atoms with van der Waals surface area (Å²) in [6.45, 7) is 2.02. The quantitative estimate of drug-likeness (QED) is 0.203. The lowest BCUT2D eigenvalue weighted by atomic mass is 10.2. The first kappa shape index (κ1) is 18.9. The van der Waals surface area contributed by atoms with E-state index in [1.807, 2.05) is 61.5 Å². The molecule has 0 aliphatic heterocycles. The van der Waals surface area contributed by atoms with E-state index in [0.717, 1.165) is 30.5 Å². The number of fused-ring (bicyclic) bond motifs is 1. The van der Waals surface area contributed by atoms with Gasteiger partial charge in [0, 0.05) is 21.2 Å². The SMILES string of the molecule is Cc1ccc(/C=N/NC(=O)c2cc3cc(Br)cc(I)c3o2)n1-c1ccccc1. The predicted octanol–water partition coefficient (Wildman–Crippen LogP) is 5.66. The number of carbonyl (C=O) groups is 1. The van der Waals surface area contributed by atoms with Crippen molar-refractivity contribution in [2.75, 3.05) is 0 Å². The summed E-state index contributed by atoms with van der Waals surface area (Å²) in [5.41, 5.74) is 6.21. The zero-order valence-corrected chi connectivity index (χ0v) is 18.6. The average Bonchev–Trinajstić information content (AvgIpc) is 3.26. The van der Waals surface area contributed by atoms with Gasteiger partial charge in [-0.25, -0.2) is 5.43 Å². The van der Waals surface area contributed by atoms with E-state index in [0.29, 0.717) is 5.58 Å². The highest BCUT2D eigenvalue weighted by atomic mass is 127. The number of rotatable bonds is 4. The second-order valence-electron chi connectivity index (χ2n) is 6.19. The summed E-state index contributed by atoms with van der Waals surface area (Å²) in [5.74, 6) is -0.174. The summed E-state index contributed by atoms with van der Waals surface area (Å²) < 4.78 is 9.63. The zero-order valence-electron chi connectivity index (χ0n) is 14.8. The van der Waals surface area contributed by atoms with Crippen LogP contribution in [0.4, 0.5) is 0 Å². The van der Waals surface area contributed by atoms with E-state index in [-0.39, 0.29) is 5.76 Å². The number of aromatic nitrogens is 1. The van der Waals surface area contributed by atoms with Gasteiger partial charge >= 0.3 is 5.91 Å². The molecular formula is C21H15BrIN3O2. The lowest BCUT2D eigenvalue weighted by Crippen LogP contribution is -2.17. The van der Waals surface area contributed by atoms with Crippen LogP contribution < -0.4 is 5.43 Å². The van der Waals surface area contributed by atoms with Crippen molar-refractivity contribution < 1.29 is 9.21 Å². The normalized spacial score (nSPS) is 11.4. The molecule has 0 radical (unpaired) electrons. The second kappa shape index (κ2) is 7.92. The van der Waals surface area contributed by atoms with Gasteiger partial charge in [0.2, 0.25) is 0 Å². The van der Waals surface area contributed by atoms with Crippen molar-refractivity contribution in [2.45, 2.75) is 6.92 Å². The molecule has 2 aromatic carbocycles.